The number of benzene rings is 2. The summed E-state index contributed by atoms with van der Waals surface area (Å²) in [5, 5.41) is 3.45. The van der Waals surface area contributed by atoms with Gasteiger partial charge in [-0.25, -0.2) is 0 Å². The summed E-state index contributed by atoms with van der Waals surface area (Å²) in [5.41, 5.74) is 1.81. The van der Waals surface area contributed by atoms with Crippen LogP contribution in [0, 0.1) is 6.92 Å². The Hall–Kier alpha value is -2.24. The van der Waals surface area contributed by atoms with Crippen LogP contribution in [0.2, 0.25) is 10.0 Å². The van der Waals surface area contributed by atoms with E-state index in [1.54, 1.807) is 31.3 Å². The van der Waals surface area contributed by atoms with Crippen molar-refractivity contribution >= 4 is 35.0 Å². The predicted molar refractivity (Wildman–Crippen MR) is 112 cm³/mol. The average molecular weight is 423 g/mol. The van der Waals surface area contributed by atoms with Gasteiger partial charge in [0.05, 0.1) is 10.0 Å². The van der Waals surface area contributed by atoms with Gasteiger partial charge in [-0.15, -0.1) is 0 Å². The van der Waals surface area contributed by atoms with Gasteiger partial charge in [0.15, 0.2) is 6.61 Å². The molecule has 0 spiro atoms. The molecule has 0 saturated heterocycles. The van der Waals surface area contributed by atoms with Gasteiger partial charge in [-0.1, -0.05) is 48.3 Å². The second-order valence-electron chi connectivity index (χ2n) is 6.41. The van der Waals surface area contributed by atoms with E-state index in [4.69, 9.17) is 27.9 Å². The van der Waals surface area contributed by atoms with Crippen LogP contribution in [-0.2, 0) is 16.1 Å². The largest absolute Gasteiger partial charge is 0.484 e. The fraction of sp³-hybridized carbons (Fsp3) is 0.333. The average Bonchev–Trinajstić information content (AvgIpc) is 2.68. The highest BCUT2D eigenvalue weighted by atomic mass is 35.5. The molecule has 0 heterocycles. The van der Waals surface area contributed by atoms with Crippen LogP contribution in [0.1, 0.15) is 24.5 Å². The zero-order valence-corrected chi connectivity index (χ0v) is 17.7. The molecule has 28 heavy (non-hydrogen) atoms. The molecule has 0 bridgehead atoms. The van der Waals surface area contributed by atoms with Crippen molar-refractivity contribution in [2.24, 2.45) is 0 Å². The first kappa shape index (κ1) is 22.1. The normalized spacial score (nSPS) is 11.6. The molecule has 150 valence electrons. The maximum atomic E-state index is 12.9. The van der Waals surface area contributed by atoms with Gasteiger partial charge in [-0.05, 0) is 48.7 Å². The first-order valence-electron chi connectivity index (χ1n) is 9.00. The minimum absolute atomic E-state index is 0.168. The summed E-state index contributed by atoms with van der Waals surface area (Å²) in [5.74, 6) is 0.0883. The van der Waals surface area contributed by atoms with Gasteiger partial charge >= 0.3 is 0 Å². The molecule has 0 aliphatic carbocycles. The van der Waals surface area contributed by atoms with Crippen molar-refractivity contribution in [2.75, 3.05) is 13.7 Å². The third-order valence-corrected chi connectivity index (χ3v) is 5.06. The predicted octanol–water partition coefficient (Wildman–Crippen LogP) is 4.23. The fourth-order valence-corrected chi connectivity index (χ4v) is 3.17. The minimum atomic E-state index is -0.618. The molecule has 0 aliphatic rings. The van der Waals surface area contributed by atoms with Gasteiger partial charge in [0, 0.05) is 13.6 Å². The number of carbonyl (C=O) groups is 2. The number of nitrogens with zero attached hydrogens (tertiary/aromatic N) is 1. The first-order valence-corrected chi connectivity index (χ1v) is 9.75. The van der Waals surface area contributed by atoms with E-state index in [0.29, 0.717) is 22.2 Å². The second-order valence-corrected chi connectivity index (χ2v) is 7.23. The Morgan fingerprint density at radius 2 is 1.89 bits per heavy atom. The number of halogens is 2. The number of rotatable bonds is 8. The molecule has 0 fully saturated rings. The molecule has 0 radical (unpaired) electrons. The monoisotopic (exact) mass is 422 g/mol. The van der Waals surface area contributed by atoms with Crippen LogP contribution in [0.5, 0.6) is 5.75 Å². The molecular formula is C21H24Cl2N2O3. The van der Waals surface area contributed by atoms with Crippen molar-refractivity contribution < 1.29 is 14.3 Å². The van der Waals surface area contributed by atoms with E-state index in [2.05, 4.69) is 5.32 Å². The first-order chi connectivity index (χ1) is 13.3. The number of amides is 2. The van der Waals surface area contributed by atoms with Crippen molar-refractivity contribution in [1.82, 2.24) is 10.2 Å². The Bertz CT molecular complexity index is 842. The highest BCUT2D eigenvalue weighted by molar-refractivity contribution is 6.42. The summed E-state index contributed by atoms with van der Waals surface area (Å²) in [6, 6.07) is 12.0. The highest BCUT2D eigenvalue weighted by Gasteiger charge is 2.28. The molecule has 2 amide bonds. The second kappa shape index (κ2) is 10.3. The summed E-state index contributed by atoms with van der Waals surface area (Å²) in [6.45, 7) is 3.86. The number of nitrogens with one attached hydrogen (secondary N) is 1. The Morgan fingerprint density at radius 1 is 1.14 bits per heavy atom. The van der Waals surface area contributed by atoms with Crippen LogP contribution in [0.25, 0.3) is 0 Å². The summed E-state index contributed by atoms with van der Waals surface area (Å²) >= 11 is 12.1. The standard InChI is InChI=1S/C21H24Cl2N2O3/c1-4-19(21(27)24-3)25(12-15-8-9-17(22)18(23)11-15)20(26)13-28-16-7-5-6-14(2)10-16/h5-11,19H,4,12-13H2,1-3H3,(H,24,27)/t19-/m0/s1. The number of hydrogen-bond donors (Lipinski definition) is 1. The van der Waals surface area contributed by atoms with Gasteiger partial charge in [0.2, 0.25) is 5.91 Å². The lowest BCUT2D eigenvalue weighted by Crippen LogP contribution is -2.49. The van der Waals surface area contributed by atoms with Gasteiger partial charge in [-0.3, -0.25) is 9.59 Å². The molecule has 7 heteroatoms. The van der Waals surface area contributed by atoms with Crippen molar-refractivity contribution in [3.05, 3.63) is 63.6 Å². The molecule has 5 nitrogen and oxygen atoms in total. The Balaban J connectivity index is 2.21. The molecular weight excluding hydrogens is 399 g/mol. The third kappa shape index (κ3) is 5.88. The van der Waals surface area contributed by atoms with E-state index in [1.807, 2.05) is 32.0 Å². The van der Waals surface area contributed by atoms with E-state index in [1.165, 1.54) is 4.90 Å². The summed E-state index contributed by atoms with van der Waals surface area (Å²) in [7, 11) is 1.55. The Kier molecular flexibility index (Phi) is 8.15. The molecule has 2 aromatic rings. The van der Waals surface area contributed by atoms with E-state index in [-0.39, 0.29) is 25.0 Å². The number of carbonyl (C=O) groups excluding carboxylic acids is 2. The van der Waals surface area contributed by atoms with E-state index in [9.17, 15) is 9.59 Å². The minimum Gasteiger partial charge on any atom is -0.484 e. The number of ether oxygens (including phenoxy) is 1. The fourth-order valence-electron chi connectivity index (χ4n) is 2.85. The topological polar surface area (TPSA) is 58.6 Å². The molecule has 0 unspecified atom stereocenters. The molecule has 1 N–H and O–H groups in total. The van der Waals surface area contributed by atoms with E-state index in [0.717, 1.165) is 11.1 Å². The van der Waals surface area contributed by atoms with E-state index >= 15 is 0 Å². The maximum absolute atomic E-state index is 12.9. The maximum Gasteiger partial charge on any atom is 0.261 e. The summed E-state index contributed by atoms with van der Waals surface area (Å²) in [4.78, 5) is 26.8. The molecule has 1 atom stereocenters. The lowest BCUT2D eigenvalue weighted by Gasteiger charge is -2.30. The summed E-state index contributed by atoms with van der Waals surface area (Å²) < 4.78 is 5.65. The zero-order chi connectivity index (χ0) is 20.7. The van der Waals surface area contributed by atoms with Crippen LogP contribution >= 0.6 is 23.2 Å². The Labute approximate surface area is 175 Å². The lowest BCUT2D eigenvalue weighted by molar-refractivity contribution is -0.142. The van der Waals surface area contributed by atoms with Crippen molar-refractivity contribution in [1.29, 1.82) is 0 Å². The van der Waals surface area contributed by atoms with Crippen molar-refractivity contribution in [3.63, 3.8) is 0 Å². The Morgan fingerprint density at radius 3 is 2.50 bits per heavy atom. The van der Waals surface area contributed by atoms with Crippen LogP contribution in [-0.4, -0.2) is 36.4 Å². The molecule has 2 rings (SSSR count). The van der Waals surface area contributed by atoms with E-state index < -0.39 is 6.04 Å². The van der Waals surface area contributed by atoms with Gasteiger partial charge in [-0.2, -0.15) is 0 Å². The SMILES string of the molecule is CC[C@@H](C(=O)NC)N(Cc1ccc(Cl)c(Cl)c1)C(=O)COc1cccc(C)c1. The molecule has 2 aromatic carbocycles. The molecule has 0 aromatic heterocycles. The highest BCUT2D eigenvalue weighted by Crippen LogP contribution is 2.24. The summed E-state index contributed by atoms with van der Waals surface area (Å²) in [6.07, 6.45) is 0.469. The zero-order valence-electron chi connectivity index (χ0n) is 16.2. The van der Waals surface area contributed by atoms with Crippen LogP contribution in [0.15, 0.2) is 42.5 Å². The number of hydrogen-bond acceptors (Lipinski definition) is 3. The molecule has 0 aliphatic heterocycles. The lowest BCUT2D eigenvalue weighted by atomic mass is 10.1. The number of likely N-dealkylation sites (N-methyl/N-ethyl adjacent to an activating group) is 1. The van der Waals surface area contributed by atoms with Crippen LogP contribution in [0.3, 0.4) is 0 Å². The van der Waals surface area contributed by atoms with Crippen molar-refractivity contribution in [3.8, 4) is 5.75 Å². The third-order valence-electron chi connectivity index (χ3n) is 4.32. The van der Waals surface area contributed by atoms with Gasteiger partial charge < -0.3 is 15.0 Å². The van der Waals surface area contributed by atoms with Crippen LogP contribution < -0.4 is 10.1 Å². The number of aryl methyl sites for hydroxylation is 1. The van der Waals surface area contributed by atoms with Crippen LogP contribution in [0.4, 0.5) is 0 Å². The van der Waals surface area contributed by atoms with Gasteiger partial charge in [0.25, 0.3) is 5.91 Å². The molecule has 0 saturated carbocycles. The smallest absolute Gasteiger partial charge is 0.261 e. The van der Waals surface area contributed by atoms with Crippen molar-refractivity contribution in [2.45, 2.75) is 32.9 Å². The quantitative estimate of drug-likeness (QED) is 0.691. The van der Waals surface area contributed by atoms with Gasteiger partial charge in [0.1, 0.15) is 11.8 Å².